The second-order valence-corrected chi connectivity index (χ2v) is 14.2. The fraction of sp³-hybridized carbons (Fsp3) is 0.444. The van der Waals surface area contributed by atoms with Crippen LogP contribution in [0.25, 0.3) is 28.2 Å². The summed E-state index contributed by atoms with van der Waals surface area (Å²) >= 11 is 5.95. The number of nitrogens with zero attached hydrogens (tertiary/aromatic N) is 8. The molecule has 0 N–H and O–H groups in total. The molecule has 10 nitrogen and oxygen atoms in total. The molecule has 0 spiro atoms. The van der Waals surface area contributed by atoms with Crippen LogP contribution in [-0.4, -0.2) is 98.2 Å². The number of rotatable bonds is 8. The monoisotopic (exact) mass is 760 g/mol. The van der Waals surface area contributed by atoms with E-state index < -0.39 is 63.3 Å². The van der Waals surface area contributed by atoms with Gasteiger partial charge in [-0.05, 0) is 51.8 Å². The maximum atomic E-state index is 16.5. The number of benzene rings is 1. The third-order valence-corrected chi connectivity index (χ3v) is 10.5. The molecule has 1 amide bonds. The average Bonchev–Trinajstić information content (AvgIpc) is 3.80. The van der Waals surface area contributed by atoms with Gasteiger partial charge in [0, 0.05) is 62.7 Å². The standard InChI is InChI=1S/C36H35ClF6N8O2/c1-19-12-22(46-20(2)45-19)13-27(39)33(52)50-11-8-23(17-50)49(3)32-25-15-44-30(24-6-4-7-26(37)28(24)36(41,42)43)29(40)31(25)47-34(48-32)53-18-35-9-5-10-51(35)16-21(38)14-35/h4,6-7,12-13,15,21,23H,5,8-11,14,16-18H2,1-3H3/b27-13-/t21-,23-,35+/m1/s1. The Labute approximate surface area is 305 Å². The number of halogens is 7. The van der Waals surface area contributed by atoms with E-state index >= 15 is 8.78 Å². The van der Waals surface area contributed by atoms with Gasteiger partial charge in [-0.3, -0.25) is 14.7 Å². The zero-order valence-electron chi connectivity index (χ0n) is 29.0. The second-order valence-electron chi connectivity index (χ2n) is 13.8. The third-order valence-electron chi connectivity index (χ3n) is 10.2. The van der Waals surface area contributed by atoms with Gasteiger partial charge in [-0.1, -0.05) is 23.7 Å². The first-order chi connectivity index (χ1) is 25.1. The molecule has 280 valence electrons. The van der Waals surface area contributed by atoms with Crippen LogP contribution in [0.3, 0.4) is 0 Å². The lowest BCUT2D eigenvalue weighted by molar-refractivity contribution is -0.137. The highest BCUT2D eigenvalue weighted by atomic mass is 35.5. The summed E-state index contributed by atoms with van der Waals surface area (Å²) < 4.78 is 94.7. The Morgan fingerprint density at radius 2 is 1.94 bits per heavy atom. The van der Waals surface area contributed by atoms with Crippen LogP contribution < -0.4 is 9.64 Å². The molecule has 7 rings (SSSR count). The van der Waals surface area contributed by atoms with Crippen molar-refractivity contribution in [3.8, 4) is 17.3 Å². The Morgan fingerprint density at radius 3 is 2.70 bits per heavy atom. The lowest BCUT2D eigenvalue weighted by atomic mass is 9.95. The fourth-order valence-corrected chi connectivity index (χ4v) is 8.06. The highest BCUT2D eigenvalue weighted by Gasteiger charge is 2.49. The van der Waals surface area contributed by atoms with Crippen molar-refractivity contribution in [2.45, 2.75) is 63.5 Å². The first-order valence-corrected chi connectivity index (χ1v) is 17.5. The van der Waals surface area contributed by atoms with Gasteiger partial charge in [0.2, 0.25) is 0 Å². The lowest BCUT2D eigenvalue weighted by Crippen LogP contribution is -2.43. The number of likely N-dealkylation sites (N-methyl/N-ethyl adjacent to an activating group) is 1. The van der Waals surface area contributed by atoms with E-state index in [9.17, 15) is 22.4 Å². The van der Waals surface area contributed by atoms with Crippen LogP contribution in [0.2, 0.25) is 5.02 Å². The number of hydrogen-bond acceptors (Lipinski definition) is 9. The summed E-state index contributed by atoms with van der Waals surface area (Å²) in [6, 6.07) is 4.24. The van der Waals surface area contributed by atoms with E-state index in [1.165, 1.54) is 17.2 Å². The summed E-state index contributed by atoms with van der Waals surface area (Å²) in [6.45, 7) is 4.64. The summed E-state index contributed by atoms with van der Waals surface area (Å²) in [5.74, 6) is -2.44. The molecule has 3 aliphatic heterocycles. The Hall–Kier alpha value is -4.57. The minimum atomic E-state index is -4.92. The zero-order chi connectivity index (χ0) is 37.8. The smallest absolute Gasteiger partial charge is 0.418 e. The van der Waals surface area contributed by atoms with Crippen LogP contribution in [0, 0.1) is 19.7 Å². The lowest BCUT2D eigenvalue weighted by Gasteiger charge is -2.31. The van der Waals surface area contributed by atoms with Crippen molar-refractivity contribution in [3.63, 3.8) is 0 Å². The maximum absolute atomic E-state index is 16.5. The van der Waals surface area contributed by atoms with Crippen molar-refractivity contribution < 1.29 is 35.9 Å². The predicted molar refractivity (Wildman–Crippen MR) is 185 cm³/mol. The second kappa shape index (κ2) is 14.0. The number of carbonyl (C=O) groups excluding carboxylic acids is 1. The van der Waals surface area contributed by atoms with Crippen molar-refractivity contribution in [2.24, 2.45) is 0 Å². The molecule has 1 aromatic carbocycles. The molecule has 0 bridgehead atoms. The molecular formula is C36H35ClF6N8O2. The van der Waals surface area contributed by atoms with Crippen molar-refractivity contribution in [2.75, 3.05) is 44.7 Å². The minimum absolute atomic E-state index is 0.0108. The Bertz CT molecular complexity index is 2100. The molecule has 3 saturated heterocycles. The molecule has 3 atom stereocenters. The number of amides is 1. The average molecular weight is 761 g/mol. The third kappa shape index (κ3) is 7.10. The summed E-state index contributed by atoms with van der Waals surface area (Å²) in [5, 5.41) is -0.562. The van der Waals surface area contributed by atoms with Gasteiger partial charge >= 0.3 is 12.2 Å². The van der Waals surface area contributed by atoms with E-state index in [0.29, 0.717) is 30.9 Å². The number of ether oxygens (including phenoxy) is 1. The number of anilines is 1. The van der Waals surface area contributed by atoms with Gasteiger partial charge < -0.3 is 14.5 Å². The van der Waals surface area contributed by atoms with E-state index in [4.69, 9.17) is 16.3 Å². The Balaban J connectivity index is 1.23. The van der Waals surface area contributed by atoms with E-state index in [0.717, 1.165) is 24.6 Å². The molecule has 0 aliphatic carbocycles. The van der Waals surface area contributed by atoms with Gasteiger partial charge in [0.05, 0.1) is 27.2 Å². The molecule has 0 unspecified atom stereocenters. The number of aromatic nitrogens is 5. The number of pyridine rings is 1. The maximum Gasteiger partial charge on any atom is 0.418 e. The van der Waals surface area contributed by atoms with Crippen LogP contribution in [0.1, 0.15) is 48.5 Å². The predicted octanol–water partition coefficient (Wildman–Crippen LogP) is 6.91. The Kier molecular flexibility index (Phi) is 9.72. The van der Waals surface area contributed by atoms with Crippen LogP contribution >= 0.6 is 11.6 Å². The van der Waals surface area contributed by atoms with E-state index in [2.05, 4.69) is 24.9 Å². The molecule has 53 heavy (non-hydrogen) atoms. The molecule has 0 saturated carbocycles. The van der Waals surface area contributed by atoms with Gasteiger partial charge in [-0.25, -0.2) is 23.1 Å². The summed E-state index contributed by atoms with van der Waals surface area (Å²) in [6.07, 6.45) is -1.57. The highest BCUT2D eigenvalue weighted by Crippen LogP contribution is 2.44. The fourth-order valence-electron chi connectivity index (χ4n) is 7.78. The number of aryl methyl sites for hydroxylation is 2. The van der Waals surface area contributed by atoms with Crippen molar-refractivity contribution >= 4 is 40.3 Å². The quantitative estimate of drug-likeness (QED) is 0.140. The number of fused-ring (bicyclic) bond motifs is 2. The van der Waals surface area contributed by atoms with Gasteiger partial charge in [-0.15, -0.1) is 0 Å². The van der Waals surface area contributed by atoms with Crippen molar-refractivity contribution in [1.29, 1.82) is 0 Å². The van der Waals surface area contributed by atoms with E-state index in [1.54, 1.807) is 31.9 Å². The topological polar surface area (TPSA) is 100 Å². The summed E-state index contributed by atoms with van der Waals surface area (Å²) in [7, 11) is 1.65. The molecule has 3 aromatic heterocycles. The molecule has 6 heterocycles. The molecular weight excluding hydrogens is 726 g/mol. The Morgan fingerprint density at radius 1 is 1.15 bits per heavy atom. The first-order valence-electron chi connectivity index (χ1n) is 17.1. The molecule has 0 radical (unpaired) electrons. The first kappa shape index (κ1) is 36.8. The van der Waals surface area contributed by atoms with E-state index in [-0.39, 0.29) is 61.1 Å². The van der Waals surface area contributed by atoms with Gasteiger partial charge in [0.25, 0.3) is 5.91 Å². The number of likely N-dealkylation sites (tertiary alicyclic amines) is 1. The van der Waals surface area contributed by atoms with Gasteiger partial charge in [-0.2, -0.15) is 23.1 Å². The van der Waals surface area contributed by atoms with Crippen molar-refractivity contribution in [1.82, 2.24) is 34.7 Å². The molecule has 17 heteroatoms. The zero-order valence-corrected chi connectivity index (χ0v) is 29.8. The largest absolute Gasteiger partial charge is 0.461 e. The molecule has 3 aliphatic rings. The van der Waals surface area contributed by atoms with Crippen molar-refractivity contribution in [3.05, 3.63) is 69.9 Å². The van der Waals surface area contributed by atoms with Crippen LogP contribution in [0.4, 0.5) is 32.2 Å². The highest BCUT2D eigenvalue weighted by molar-refractivity contribution is 6.31. The van der Waals surface area contributed by atoms with E-state index in [1.807, 2.05) is 4.90 Å². The van der Waals surface area contributed by atoms with Gasteiger partial charge in [0.1, 0.15) is 35.6 Å². The SMILES string of the molecule is Cc1cc(/C=C(\F)C(=O)N2CC[C@@H](N(C)c3nc(OC[C@@]45CCCN4C[C@H](F)C5)nc4c(F)c(-c5cccc(Cl)c5C(F)(F)F)ncc34)C2)nc(C)n1. The van der Waals surface area contributed by atoms with Crippen LogP contribution in [0.15, 0.2) is 36.3 Å². The number of alkyl halides is 4. The number of hydrogen-bond donors (Lipinski definition) is 0. The van der Waals surface area contributed by atoms with Crippen LogP contribution in [-0.2, 0) is 11.0 Å². The molecule has 4 aromatic rings. The van der Waals surface area contributed by atoms with Crippen LogP contribution in [0.5, 0.6) is 6.01 Å². The molecule has 3 fully saturated rings. The summed E-state index contributed by atoms with van der Waals surface area (Å²) in [4.78, 5) is 39.5. The normalized spacial score (nSPS) is 22.2. The van der Waals surface area contributed by atoms with Gasteiger partial charge in [0.15, 0.2) is 11.6 Å². The summed E-state index contributed by atoms with van der Waals surface area (Å²) in [5.41, 5.74) is -2.54. The number of carbonyl (C=O) groups is 1. The minimum Gasteiger partial charge on any atom is -0.461 e.